The lowest BCUT2D eigenvalue weighted by molar-refractivity contribution is 0.0696. The van der Waals surface area contributed by atoms with Crippen molar-refractivity contribution in [2.75, 3.05) is 19.6 Å². The highest BCUT2D eigenvalue weighted by Crippen LogP contribution is 2.29. The van der Waals surface area contributed by atoms with Crippen LogP contribution < -0.4 is 10.6 Å². The number of hydrogen-bond donors (Lipinski definition) is 4. The van der Waals surface area contributed by atoms with Crippen LogP contribution in [0.4, 0.5) is 0 Å². The largest absolute Gasteiger partial charge is 0.507 e. The van der Waals surface area contributed by atoms with Gasteiger partial charge in [0, 0.05) is 31.2 Å². The van der Waals surface area contributed by atoms with Gasteiger partial charge in [-0.05, 0) is 24.6 Å². The van der Waals surface area contributed by atoms with Crippen LogP contribution in [0, 0.1) is 6.92 Å². The zero-order valence-electron chi connectivity index (χ0n) is 9.66. The molecule has 1 aromatic carbocycles. The molecule has 4 N–H and O–H groups in total. The number of carboxylic acid groups (broad SMARTS) is 1. The monoisotopic (exact) mass is 236 g/mol. The highest BCUT2D eigenvalue weighted by atomic mass is 16.4. The molecule has 1 atom stereocenters. The molecule has 5 heteroatoms. The van der Waals surface area contributed by atoms with E-state index in [0.717, 1.165) is 13.1 Å². The van der Waals surface area contributed by atoms with E-state index in [0.29, 0.717) is 17.7 Å². The summed E-state index contributed by atoms with van der Waals surface area (Å²) in [4.78, 5) is 11.0. The second-order valence-electron chi connectivity index (χ2n) is 4.25. The number of piperazine rings is 1. The first-order valence-corrected chi connectivity index (χ1v) is 5.60. The Bertz CT molecular complexity index is 440. The molecule has 92 valence electrons. The maximum atomic E-state index is 11.0. The second-order valence-corrected chi connectivity index (χ2v) is 4.25. The molecule has 17 heavy (non-hydrogen) atoms. The molecule has 0 saturated carbocycles. The molecule has 0 aliphatic carbocycles. The molecule has 2 rings (SSSR count). The minimum absolute atomic E-state index is 0.0400. The standard InChI is InChI=1S/C12H16N2O3/c1-7-4-8(12(16)17)5-9(11(7)15)10-6-13-2-3-14-10/h4-5,10,13-15H,2-3,6H2,1H3,(H,16,17)/t10-/m1/s1. The Morgan fingerprint density at radius 2 is 2.18 bits per heavy atom. The number of carbonyl (C=O) groups is 1. The maximum Gasteiger partial charge on any atom is 0.335 e. The number of rotatable bonds is 2. The van der Waals surface area contributed by atoms with Gasteiger partial charge in [-0.25, -0.2) is 4.79 Å². The summed E-state index contributed by atoms with van der Waals surface area (Å²) in [6.45, 7) is 4.09. The van der Waals surface area contributed by atoms with Crippen LogP contribution in [0.25, 0.3) is 0 Å². The Morgan fingerprint density at radius 1 is 1.41 bits per heavy atom. The number of nitrogens with one attached hydrogen (secondary N) is 2. The Labute approximate surface area is 99.5 Å². The van der Waals surface area contributed by atoms with Gasteiger partial charge in [0.25, 0.3) is 0 Å². The first kappa shape index (κ1) is 11.9. The van der Waals surface area contributed by atoms with E-state index in [4.69, 9.17) is 5.11 Å². The van der Waals surface area contributed by atoms with Crippen LogP contribution in [-0.2, 0) is 0 Å². The normalized spacial score (nSPS) is 20.2. The molecule has 0 amide bonds. The van der Waals surface area contributed by atoms with E-state index in [2.05, 4.69) is 10.6 Å². The average Bonchev–Trinajstić information content (AvgIpc) is 2.33. The van der Waals surface area contributed by atoms with Crippen molar-refractivity contribution in [2.24, 2.45) is 0 Å². The van der Waals surface area contributed by atoms with Crippen molar-refractivity contribution in [3.63, 3.8) is 0 Å². The number of hydrogen-bond acceptors (Lipinski definition) is 4. The summed E-state index contributed by atoms with van der Waals surface area (Å²) in [6.07, 6.45) is 0. The zero-order chi connectivity index (χ0) is 12.4. The van der Waals surface area contributed by atoms with Gasteiger partial charge >= 0.3 is 5.97 Å². The summed E-state index contributed by atoms with van der Waals surface area (Å²) in [5.74, 6) is -0.797. The number of phenols is 1. The molecule has 1 fully saturated rings. The molecular weight excluding hydrogens is 220 g/mol. The van der Waals surface area contributed by atoms with Gasteiger partial charge in [-0.3, -0.25) is 0 Å². The first-order valence-electron chi connectivity index (χ1n) is 5.60. The van der Waals surface area contributed by atoms with Gasteiger partial charge in [0.2, 0.25) is 0 Å². The lowest BCUT2D eigenvalue weighted by Crippen LogP contribution is -2.42. The zero-order valence-corrected chi connectivity index (χ0v) is 9.66. The van der Waals surface area contributed by atoms with Crippen molar-refractivity contribution < 1.29 is 15.0 Å². The molecule has 0 bridgehead atoms. The molecule has 1 aromatic rings. The van der Waals surface area contributed by atoms with E-state index >= 15 is 0 Å². The predicted octanol–water partition coefficient (Wildman–Crippen LogP) is 0.633. The number of benzene rings is 1. The molecule has 1 aliphatic heterocycles. The van der Waals surface area contributed by atoms with Crippen LogP contribution >= 0.6 is 0 Å². The lowest BCUT2D eigenvalue weighted by atomic mass is 9.98. The smallest absolute Gasteiger partial charge is 0.335 e. The molecular formula is C12H16N2O3. The number of phenolic OH excluding ortho intramolecular Hbond substituents is 1. The van der Waals surface area contributed by atoms with E-state index in [9.17, 15) is 9.90 Å². The Morgan fingerprint density at radius 3 is 2.76 bits per heavy atom. The maximum absolute atomic E-state index is 11.0. The van der Waals surface area contributed by atoms with E-state index in [1.54, 1.807) is 6.92 Å². The van der Waals surface area contributed by atoms with Gasteiger partial charge in [0.1, 0.15) is 5.75 Å². The third-order valence-electron chi connectivity index (χ3n) is 2.99. The van der Waals surface area contributed by atoms with Crippen molar-refractivity contribution in [1.29, 1.82) is 0 Å². The van der Waals surface area contributed by atoms with Crippen molar-refractivity contribution in [1.82, 2.24) is 10.6 Å². The first-order chi connectivity index (χ1) is 8.09. The molecule has 0 radical (unpaired) electrons. The van der Waals surface area contributed by atoms with E-state index < -0.39 is 5.97 Å². The molecule has 0 aromatic heterocycles. The van der Waals surface area contributed by atoms with Gasteiger partial charge < -0.3 is 20.8 Å². The fourth-order valence-electron chi connectivity index (χ4n) is 2.07. The summed E-state index contributed by atoms with van der Waals surface area (Å²) in [5, 5.41) is 25.5. The Hall–Kier alpha value is -1.59. The fourth-order valence-corrected chi connectivity index (χ4v) is 2.07. The van der Waals surface area contributed by atoms with E-state index in [1.165, 1.54) is 12.1 Å². The van der Waals surface area contributed by atoms with Gasteiger partial charge in [0.05, 0.1) is 5.56 Å². The quantitative estimate of drug-likeness (QED) is 0.605. The highest BCUT2D eigenvalue weighted by molar-refractivity contribution is 5.88. The van der Waals surface area contributed by atoms with Crippen molar-refractivity contribution >= 4 is 5.97 Å². The third-order valence-corrected chi connectivity index (χ3v) is 2.99. The SMILES string of the molecule is Cc1cc(C(=O)O)cc([C@H]2CNCCN2)c1O. The number of aromatic hydroxyl groups is 1. The number of aryl methyl sites for hydroxylation is 1. The predicted molar refractivity (Wildman–Crippen MR) is 63.4 cm³/mol. The summed E-state index contributed by atoms with van der Waals surface area (Å²) in [7, 11) is 0. The van der Waals surface area contributed by atoms with Crippen LogP contribution in [0.2, 0.25) is 0 Å². The average molecular weight is 236 g/mol. The molecule has 0 unspecified atom stereocenters. The summed E-state index contributed by atoms with van der Waals surface area (Å²) in [6, 6.07) is 2.98. The highest BCUT2D eigenvalue weighted by Gasteiger charge is 2.20. The van der Waals surface area contributed by atoms with Crippen LogP contribution in [0.5, 0.6) is 5.75 Å². The van der Waals surface area contributed by atoms with Crippen LogP contribution in [0.15, 0.2) is 12.1 Å². The van der Waals surface area contributed by atoms with Gasteiger partial charge in [0.15, 0.2) is 0 Å². The minimum atomic E-state index is -0.974. The van der Waals surface area contributed by atoms with Crippen LogP contribution in [-0.4, -0.2) is 35.8 Å². The molecule has 5 nitrogen and oxygen atoms in total. The Balaban J connectivity index is 2.40. The lowest BCUT2D eigenvalue weighted by Gasteiger charge is -2.26. The molecule has 1 heterocycles. The van der Waals surface area contributed by atoms with Crippen LogP contribution in [0.3, 0.4) is 0 Å². The van der Waals surface area contributed by atoms with Crippen molar-refractivity contribution in [3.05, 3.63) is 28.8 Å². The minimum Gasteiger partial charge on any atom is -0.507 e. The van der Waals surface area contributed by atoms with Crippen molar-refractivity contribution in [3.8, 4) is 5.75 Å². The van der Waals surface area contributed by atoms with Gasteiger partial charge in [-0.15, -0.1) is 0 Å². The summed E-state index contributed by atoms with van der Waals surface area (Å²) < 4.78 is 0. The summed E-state index contributed by atoms with van der Waals surface area (Å²) >= 11 is 0. The third kappa shape index (κ3) is 2.40. The second kappa shape index (κ2) is 4.73. The van der Waals surface area contributed by atoms with E-state index in [1.807, 2.05) is 0 Å². The van der Waals surface area contributed by atoms with Gasteiger partial charge in [-0.2, -0.15) is 0 Å². The molecule has 1 aliphatic rings. The van der Waals surface area contributed by atoms with Crippen molar-refractivity contribution in [2.45, 2.75) is 13.0 Å². The fraction of sp³-hybridized carbons (Fsp3) is 0.417. The van der Waals surface area contributed by atoms with Gasteiger partial charge in [-0.1, -0.05) is 0 Å². The molecule has 0 spiro atoms. The summed E-state index contributed by atoms with van der Waals surface area (Å²) in [5.41, 5.74) is 1.45. The topological polar surface area (TPSA) is 81.6 Å². The number of carboxylic acids is 1. The molecule has 1 saturated heterocycles. The van der Waals surface area contributed by atoms with Crippen LogP contribution in [0.1, 0.15) is 27.5 Å². The van der Waals surface area contributed by atoms with E-state index in [-0.39, 0.29) is 17.4 Å². The number of aromatic carboxylic acids is 1. The Kier molecular flexibility index (Phi) is 3.31.